The Labute approximate surface area is 141 Å². The van der Waals surface area contributed by atoms with E-state index >= 15 is 0 Å². The van der Waals surface area contributed by atoms with Crippen molar-refractivity contribution in [2.75, 3.05) is 11.4 Å². The smallest absolute Gasteiger partial charge is 0.247 e. The zero-order valence-electron chi connectivity index (χ0n) is 14.0. The van der Waals surface area contributed by atoms with E-state index in [2.05, 4.69) is 0 Å². The van der Waals surface area contributed by atoms with E-state index in [9.17, 15) is 14.4 Å². The van der Waals surface area contributed by atoms with Gasteiger partial charge in [0, 0.05) is 18.2 Å². The van der Waals surface area contributed by atoms with Gasteiger partial charge in [0.15, 0.2) is 0 Å². The van der Waals surface area contributed by atoms with Crippen LogP contribution in [0.5, 0.6) is 0 Å². The molecule has 1 unspecified atom stereocenters. The maximum absolute atomic E-state index is 12.8. The molecule has 2 fully saturated rings. The molecule has 3 aliphatic rings. The average molecular weight is 326 g/mol. The van der Waals surface area contributed by atoms with Crippen molar-refractivity contribution >= 4 is 23.4 Å². The molecule has 5 heteroatoms. The van der Waals surface area contributed by atoms with Gasteiger partial charge in [0.1, 0.15) is 6.54 Å². The maximum Gasteiger partial charge on any atom is 0.247 e. The number of carbonyl (C=O) groups is 3. The Morgan fingerprint density at radius 2 is 1.92 bits per heavy atom. The third-order valence-electron chi connectivity index (χ3n) is 5.82. The number of amides is 3. The Morgan fingerprint density at radius 3 is 2.67 bits per heavy atom. The molecule has 3 amide bonds. The molecule has 24 heavy (non-hydrogen) atoms. The number of benzene rings is 1. The normalized spacial score (nSPS) is 25.0. The molecule has 126 valence electrons. The molecule has 1 spiro atoms. The number of likely N-dealkylation sites (tertiary alicyclic amines) is 1. The van der Waals surface area contributed by atoms with Crippen LogP contribution in [0.2, 0.25) is 0 Å². The molecular weight excluding hydrogens is 304 g/mol. The van der Waals surface area contributed by atoms with Crippen LogP contribution < -0.4 is 4.90 Å². The van der Waals surface area contributed by atoms with E-state index in [1.165, 1.54) is 4.90 Å². The highest BCUT2D eigenvalue weighted by atomic mass is 16.2. The summed E-state index contributed by atoms with van der Waals surface area (Å²) in [6, 6.07) is 7.90. The quantitative estimate of drug-likeness (QED) is 0.784. The Balaban J connectivity index is 1.55. The first-order chi connectivity index (χ1) is 11.5. The van der Waals surface area contributed by atoms with Crippen molar-refractivity contribution in [3.05, 3.63) is 29.8 Å². The van der Waals surface area contributed by atoms with Gasteiger partial charge in [-0.25, -0.2) is 0 Å². The number of nitrogens with zero attached hydrogens (tertiary/aromatic N) is 2. The van der Waals surface area contributed by atoms with Gasteiger partial charge in [0.2, 0.25) is 17.7 Å². The van der Waals surface area contributed by atoms with Gasteiger partial charge in [-0.2, -0.15) is 0 Å². The third-order valence-corrected chi connectivity index (χ3v) is 5.82. The zero-order valence-corrected chi connectivity index (χ0v) is 14.0. The zero-order chi connectivity index (χ0) is 16.9. The van der Waals surface area contributed by atoms with E-state index in [1.54, 1.807) is 4.90 Å². The summed E-state index contributed by atoms with van der Waals surface area (Å²) in [7, 11) is 0. The van der Waals surface area contributed by atoms with Crippen molar-refractivity contribution in [1.82, 2.24) is 4.90 Å². The molecule has 1 saturated carbocycles. The van der Waals surface area contributed by atoms with Gasteiger partial charge in [0.05, 0.1) is 5.41 Å². The fourth-order valence-corrected chi connectivity index (χ4v) is 4.62. The second kappa shape index (κ2) is 5.43. The number of imide groups is 1. The first kappa shape index (κ1) is 15.4. The number of fused-ring (bicyclic) bond motifs is 1. The highest BCUT2D eigenvalue weighted by Crippen LogP contribution is 2.46. The van der Waals surface area contributed by atoms with Gasteiger partial charge in [-0.3, -0.25) is 19.3 Å². The molecular formula is C19H22N2O3. The maximum atomic E-state index is 12.8. The summed E-state index contributed by atoms with van der Waals surface area (Å²) >= 11 is 0. The lowest BCUT2D eigenvalue weighted by Gasteiger charge is -2.26. The van der Waals surface area contributed by atoms with E-state index in [-0.39, 0.29) is 36.7 Å². The number of hydrogen-bond donors (Lipinski definition) is 0. The summed E-state index contributed by atoms with van der Waals surface area (Å²) in [5.41, 5.74) is 1.54. The summed E-state index contributed by atoms with van der Waals surface area (Å²) in [4.78, 5) is 40.9. The van der Waals surface area contributed by atoms with Crippen molar-refractivity contribution in [3.63, 3.8) is 0 Å². The second-order valence-electron chi connectivity index (χ2n) is 7.39. The van der Waals surface area contributed by atoms with Crippen LogP contribution in [0.1, 0.15) is 44.6 Å². The number of hydrogen-bond acceptors (Lipinski definition) is 3. The van der Waals surface area contributed by atoms with Crippen LogP contribution in [0.4, 0.5) is 5.69 Å². The molecule has 1 saturated heterocycles. The van der Waals surface area contributed by atoms with Gasteiger partial charge < -0.3 is 4.90 Å². The van der Waals surface area contributed by atoms with E-state index in [0.29, 0.717) is 0 Å². The van der Waals surface area contributed by atoms with E-state index in [0.717, 1.165) is 43.4 Å². The molecule has 1 atom stereocenters. The molecule has 5 nitrogen and oxygen atoms in total. The van der Waals surface area contributed by atoms with Crippen molar-refractivity contribution in [1.29, 1.82) is 0 Å². The standard InChI is InChI=1S/C19H22N2O3/c1-13-10-14-6-2-3-7-15(14)21(13)17(23)12-20-16(22)11-19(18(20)24)8-4-5-9-19/h2-3,6-7,13H,4-5,8-12H2,1H3. The van der Waals surface area contributed by atoms with Crippen molar-refractivity contribution in [2.45, 2.75) is 51.5 Å². The van der Waals surface area contributed by atoms with Gasteiger partial charge in [-0.15, -0.1) is 0 Å². The van der Waals surface area contributed by atoms with Crippen LogP contribution in [0.25, 0.3) is 0 Å². The van der Waals surface area contributed by atoms with Crippen molar-refractivity contribution in [2.24, 2.45) is 5.41 Å². The number of carbonyl (C=O) groups excluding carboxylic acids is 3. The molecule has 0 N–H and O–H groups in total. The molecule has 1 aromatic rings. The van der Waals surface area contributed by atoms with E-state index in [1.807, 2.05) is 31.2 Å². The SMILES string of the molecule is CC1Cc2ccccc2N1C(=O)CN1C(=O)CC2(CCCC2)C1=O. The topological polar surface area (TPSA) is 57.7 Å². The highest BCUT2D eigenvalue weighted by Gasteiger charge is 2.53. The van der Waals surface area contributed by atoms with Gasteiger partial charge >= 0.3 is 0 Å². The summed E-state index contributed by atoms with van der Waals surface area (Å²) in [5, 5.41) is 0. The lowest BCUT2D eigenvalue weighted by atomic mass is 9.84. The summed E-state index contributed by atoms with van der Waals surface area (Å²) in [6.45, 7) is 1.88. The van der Waals surface area contributed by atoms with Crippen LogP contribution in [-0.4, -0.2) is 35.2 Å². The van der Waals surface area contributed by atoms with Gasteiger partial charge in [-0.05, 0) is 37.8 Å². The van der Waals surface area contributed by atoms with E-state index < -0.39 is 5.41 Å². The second-order valence-corrected chi connectivity index (χ2v) is 7.39. The minimum atomic E-state index is -0.508. The Morgan fingerprint density at radius 1 is 1.21 bits per heavy atom. The van der Waals surface area contributed by atoms with Gasteiger partial charge in [-0.1, -0.05) is 31.0 Å². The summed E-state index contributed by atoms with van der Waals surface area (Å²) in [5.74, 6) is -0.474. The number of rotatable bonds is 2. The molecule has 4 rings (SSSR count). The Bertz CT molecular complexity index is 721. The predicted octanol–water partition coefficient (Wildman–Crippen LogP) is 2.28. The summed E-state index contributed by atoms with van der Waals surface area (Å²) < 4.78 is 0. The Kier molecular flexibility index (Phi) is 3.48. The molecule has 1 aliphatic carbocycles. The molecule has 2 aliphatic heterocycles. The third kappa shape index (κ3) is 2.18. The summed E-state index contributed by atoms with van der Waals surface area (Å²) in [6.07, 6.45) is 4.66. The van der Waals surface area contributed by atoms with E-state index in [4.69, 9.17) is 0 Å². The fourth-order valence-electron chi connectivity index (χ4n) is 4.62. The highest BCUT2D eigenvalue weighted by molar-refractivity contribution is 6.10. The molecule has 0 radical (unpaired) electrons. The number of anilines is 1. The largest absolute Gasteiger partial charge is 0.307 e. The minimum Gasteiger partial charge on any atom is -0.307 e. The fraction of sp³-hybridized carbons (Fsp3) is 0.526. The molecule has 1 aromatic carbocycles. The van der Waals surface area contributed by atoms with Crippen LogP contribution >= 0.6 is 0 Å². The average Bonchev–Trinajstić information content (AvgIpc) is 3.20. The van der Waals surface area contributed by atoms with Gasteiger partial charge in [0.25, 0.3) is 0 Å². The van der Waals surface area contributed by atoms with Crippen LogP contribution in [0.3, 0.4) is 0 Å². The Hall–Kier alpha value is -2.17. The van der Waals surface area contributed by atoms with Crippen LogP contribution in [-0.2, 0) is 20.8 Å². The van der Waals surface area contributed by atoms with Crippen molar-refractivity contribution in [3.8, 4) is 0 Å². The first-order valence-electron chi connectivity index (χ1n) is 8.77. The van der Waals surface area contributed by atoms with Crippen molar-refractivity contribution < 1.29 is 14.4 Å². The molecule has 0 aromatic heterocycles. The lowest BCUT2D eigenvalue weighted by Crippen LogP contribution is -2.46. The lowest BCUT2D eigenvalue weighted by molar-refractivity contribution is -0.144. The molecule has 0 bridgehead atoms. The van der Waals surface area contributed by atoms with Crippen LogP contribution in [0, 0.1) is 5.41 Å². The number of para-hydroxylation sites is 1. The first-order valence-corrected chi connectivity index (χ1v) is 8.77. The monoisotopic (exact) mass is 326 g/mol. The van der Waals surface area contributed by atoms with Crippen LogP contribution in [0.15, 0.2) is 24.3 Å². The minimum absolute atomic E-state index is 0.0585. The predicted molar refractivity (Wildman–Crippen MR) is 89.3 cm³/mol. The molecule has 2 heterocycles.